The molecule has 4 nitrogen and oxygen atoms in total. The maximum atomic E-state index is 11.8. The van der Waals surface area contributed by atoms with E-state index < -0.39 is 0 Å². The Bertz CT molecular complexity index is 300. The summed E-state index contributed by atoms with van der Waals surface area (Å²) in [6.07, 6.45) is 5.58. The van der Waals surface area contributed by atoms with Gasteiger partial charge in [-0.05, 0) is 24.7 Å². The molecular weight excluding hydrogens is 254 g/mol. The molecule has 0 spiro atoms. The minimum atomic E-state index is -0.0403. The first kappa shape index (κ1) is 15.8. The molecule has 1 unspecified atom stereocenters. The van der Waals surface area contributed by atoms with Crippen molar-refractivity contribution in [1.82, 2.24) is 4.90 Å². The van der Waals surface area contributed by atoms with Gasteiger partial charge >= 0.3 is 5.97 Å². The Balaban J connectivity index is 1.63. The first-order valence-electron chi connectivity index (χ1n) is 8.13. The van der Waals surface area contributed by atoms with Gasteiger partial charge in [0.1, 0.15) is 12.7 Å². The van der Waals surface area contributed by atoms with Crippen molar-refractivity contribution in [3.05, 3.63) is 0 Å². The highest BCUT2D eigenvalue weighted by atomic mass is 16.6. The maximum Gasteiger partial charge on any atom is 0.306 e. The molecule has 0 aromatic carbocycles. The number of esters is 1. The van der Waals surface area contributed by atoms with E-state index in [1.54, 1.807) is 0 Å². The molecule has 0 aromatic rings. The van der Waals surface area contributed by atoms with E-state index in [0.29, 0.717) is 24.9 Å². The number of carbonyl (C=O) groups is 1. The Morgan fingerprint density at radius 2 is 2.10 bits per heavy atom. The van der Waals surface area contributed by atoms with Crippen LogP contribution < -0.4 is 0 Å². The zero-order valence-corrected chi connectivity index (χ0v) is 13.0. The SMILES string of the molecule is CC(C)CN1CCOC(COC(=O)CC2CCCC2)C1. The lowest BCUT2D eigenvalue weighted by molar-refractivity contribution is -0.151. The van der Waals surface area contributed by atoms with Crippen LogP contribution in [0.4, 0.5) is 0 Å². The van der Waals surface area contributed by atoms with Crippen molar-refractivity contribution in [1.29, 1.82) is 0 Å². The van der Waals surface area contributed by atoms with Gasteiger partial charge in [0.05, 0.1) is 6.61 Å². The highest BCUT2D eigenvalue weighted by Gasteiger charge is 2.24. The molecule has 2 rings (SSSR count). The minimum absolute atomic E-state index is 0.0403. The third-order valence-corrected chi connectivity index (χ3v) is 4.21. The van der Waals surface area contributed by atoms with E-state index in [2.05, 4.69) is 18.7 Å². The Kier molecular flexibility index (Phi) is 6.30. The fourth-order valence-electron chi connectivity index (χ4n) is 3.26. The second kappa shape index (κ2) is 7.99. The van der Waals surface area contributed by atoms with Gasteiger partial charge in [0.2, 0.25) is 0 Å². The van der Waals surface area contributed by atoms with Crippen LogP contribution in [0.25, 0.3) is 0 Å². The summed E-state index contributed by atoms with van der Waals surface area (Å²) >= 11 is 0. The van der Waals surface area contributed by atoms with Crippen LogP contribution in [0.5, 0.6) is 0 Å². The van der Waals surface area contributed by atoms with Gasteiger partial charge in [-0.15, -0.1) is 0 Å². The molecule has 0 amide bonds. The topological polar surface area (TPSA) is 38.8 Å². The van der Waals surface area contributed by atoms with Crippen LogP contribution in [-0.2, 0) is 14.3 Å². The smallest absolute Gasteiger partial charge is 0.306 e. The molecule has 4 heteroatoms. The normalized spacial score (nSPS) is 25.2. The number of rotatable bonds is 6. The number of nitrogens with zero attached hydrogens (tertiary/aromatic N) is 1. The summed E-state index contributed by atoms with van der Waals surface area (Å²) in [4.78, 5) is 14.2. The van der Waals surface area contributed by atoms with Crippen LogP contribution in [0.2, 0.25) is 0 Å². The van der Waals surface area contributed by atoms with Crippen molar-refractivity contribution in [2.75, 3.05) is 32.8 Å². The molecule has 1 saturated heterocycles. The number of hydrogen-bond acceptors (Lipinski definition) is 4. The van der Waals surface area contributed by atoms with E-state index in [-0.39, 0.29) is 12.1 Å². The summed E-state index contributed by atoms with van der Waals surface area (Å²) < 4.78 is 11.1. The highest BCUT2D eigenvalue weighted by molar-refractivity contribution is 5.69. The summed E-state index contributed by atoms with van der Waals surface area (Å²) in [7, 11) is 0. The summed E-state index contributed by atoms with van der Waals surface area (Å²) in [5.74, 6) is 1.19. The molecule has 0 bridgehead atoms. The van der Waals surface area contributed by atoms with Crippen LogP contribution in [0.15, 0.2) is 0 Å². The van der Waals surface area contributed by atoms with Gasteiger partial charge < -0.3 is 9.47 Å². The molecule has 1 aliphatic carbocycles. The van der Waals surface area contributed by atoms with Crippen LogP contribution in [-0.4, -0.2) is 49.8 Å². The van der Waals surface area contributed by atoms with Crippen LogP contribution >= 0.6 is 0 Å². The molecule has 20 heavy (non-hydrogen) atoms. The molecule has 0 aromatic heterocycles. The average Bonchev–Trinajstić information content (AvgIpc) is 2.89. The van der Waals surface area contributed by atoms with Crippen LogP contribution in [0.3, 0.4) is 0 Å². The van der Waals surface area contributed by atoms with Crippen molar-refractivity contribution < 1.29 is 14.3 Å². The van der Waals surface area contributed by atoms with E-state index >= 15 is 0 Å². The highest BCUT2D eigenvalue weighted by Crippen LogP contribution is 2.27. The molecule has 116 valence electrons. The van der Waals surface area contributed by atoms with Crippen molar-refractivity contribution in [3.63, 3.8) is 0 Å². The first-order chi connectivity index (χ1) is 9.63. The number of morpholine rings is 1. The van der Waals surface area contributed by atoms with Crippen molar-refractivity contribution in [3.8, 4) is 0 Å². The van der Waals surface area contributed by atoms with E-state index in [1.807, 2.05) is 0 Å². The summed E-state index contributed by atoms with van der Waals surface area (Å²) in [5.41, 5.74) is 0. The number of carbonyl (C=O) groups excluding carboxylic acids is 1. The average molecular weight is 283 g/mol. The Morgan fingerprint density at radius 1 is 1.35 bits per heavy atom. The molecule has 0 N–H and O–H groups in total. The molecule has 2 aliphatic rings. The first-order valence-corrected chi connectivity index (χ1v) is 8.13. The van der Waals surface area contributed by atoms with E-state index in [0.717, 1.165) is 26.2 Å². The van der Waals surface area contributed by atoms with E-state index in [9.17, 15) is 4.79 Å². The zero-order chi connectivity index (χ0) is 14.4. The quantitative estimate of drug-likeness (QED) is 0.702. The molecule has 1 saturated carbocycles. The summed E-state index contributed by atoms with van der Waals surface area (Å²) in [5, 5.41) is 0. The molecule has 1 heterocycles. The van der Waals surface area contributed by atoms with Gasteiger partial charge in [-0.3, -0.25) is 9.69 Å². The van der Waals surface area contributed by atoms with Crippen molar-refractivity contribution >= 4 is 5.97 Å². The van der Waals surface area contributed by atoms with Crippen LogP contribution in [0.1, 0.15) is 46.0 Å². The predicted octanol–water partition coefficient (Wildman–Crippen LogP) is 2.47. The largest absolute Gasteiger partial charge is 0.463 e. The number of ether oxygens (including phenoxy) is 2. The molecule has 0 radical (unpaired) electrons. The monoisotopic (exact) mass is 283 g/mol. The van der Waals surface area contributed by atoms with Gasteiger partial charge in [0.25, 0.3) is 0 Å². The molecule has 1 aliphatic heterocycles. The summed E-state index contributed by atoms with van der Waals surface area (Å²) in [6.45, 7) is 8.59. The van der Waals surface area contributed by atoms with E-state index in [1.165, 1.54) is 25.7 Å². The summed E-state index contributed by atoms with van der Waals surface area (Å²) in [6, 6.07) is 0. The third-order valence-electron chi connectivity index (χ3n) is 4.21. The second-order valence-corrected chi connectivity index (χ2v) is 6.68. The van der Waals surface area contributed by atoms with Gasteiger partial charge in [-0.1, -0.05) is 26.7 Å². The predicted molar refractivity (Wildman–Crippen MR) is 78.6 cm³/mol. The Morgan fingerprint density at radius 3 is 2.80 bits per heavy atom. The van der Waals surface area contributed by atoms with Crippen molar-refractivity contribution in [2.45, 2.75) is 52.1 Å². The fraction of sp³-hybridized carbons (Fsp3) is 0.938. The van der Waals surface area contributed by atoms with E-state index in [4.69, 9.17) is 9.47 Å². The van der Waals surface area contributed by atoms with Gasteiger partial charge in [0, 0.05) is 26.1 Å². The third kappa shape index (κ3) is 5.41. The lowest BCUT2D eigenvalue weighted by Crippen LogP contribution is -2.45. The van der Waals surface area contributed by atoms with Crippen LogP contribution in [0, 0.1) is 11.8 Å². The van der Waals surface area contributed by atoms with Gasteiger partial charge in [0.15, 0.2) is 0 Å². The van der Waals surface area contributed by atoms with Crippen molar-refractivity contribution in [2.24, 2.45) is 11.8 Å². The standard InChI is InChI=1S/C16H29NO3/c1-13(2)10-17-7-8-19-15(11-17)12-20-16(18)9-14-5-3-4-6-14/h13-15H,3-12H2,1-2H3. The number of hydrogen-bond donors (Lipinski definition) is 0. The lowest BCUT2D eigenvalue weighted by atomic mass is 10.0. The Hall–Kier alpha value is -0.610. The Labute approximate surface area is 122 Å². The molecule has 1 atom stereocenters. The minimum Gasteiger partial charge on any atom is -0.463 e. The molecular formula is C16H29NO3. The van der Waals surface area contributed by atoms with Gasteiger partial charge in [-0.25, -0.2) is 0 Å². The molecule has 2 fully saturated rings. The lowest BCUT2D eigenvalue weighted by Gasteiger charge is -2.33. The second-order valence-electron chi connectivity index (χ2n) is 6.68. The zero-order valence-electron chi connectivity index (χ0n) is 13.0. The van der Waals surface area contributed by atoms with Gasteiger partial charge in [-0.2, -0.15) is 0 Å². The fourth-order valence-corrected chi connectivity index (χ4v) is 3.26. The maximum absolute atomic E-state index is 11.8.